The van der Waals surface area contributed by atoms with Crippen LogP contribution in [0.25, 0.3) is 6.08 Å². The lowest BCUT2D eigenvalue weighted by Gasteiger charge is -2.13. The monoisotopic (exact) mass is 253 g/mol. The fourth-order valence-corrected chi connectivity index (χ4v) is 1.87. The highest BCUT2D eigenvalue weighted by Crippen LogP contribution is 2.20. The normalized spacial score (nSPS) is 15.0. The minimum Gasteiger partial charge on any atom is -0.462 e. The largest absolute Gasteiger partial charge is 0.462 e. The first kappa shape index (κ1) is 13.2. The van der Waals surface area contributed by atoms with Crippen molar-refractivity contribution in [2.45, 2.75) is 6.92 Å². The van der Waals surface area contributed by atoms with Crippen LogP contribution in [0.2, 0.25) is 0 Å². The summed E-state index contributed by atoms with van der Waals surface area (Å²) in [6.45, 7) is 5.86. The topological polar surface area (TPSA) is 12.5 Å². The maximum Gasteiger partial charge on any atom is 0.127 e. The summed E-state index contributed by atoms with van der Waals surface area (Å²) in [4.78, 5) is 2.08. The summed E-state index contributed by atoms with van der Waals surface area (Å²) in [7, 11) is 4.07. The summed E-state index contributed by atoms with van der Waals surface area (Å²) in [5.74, 6) is 1.69. The van der Waals surface area contributed by atoms with Gasteiger partial charge >= 0.3 is 0 Å². The first-order chi connectivity index (χ1) is 9.04. The Hall–Kier alpha value is -2.22. The second kappa shape index (κ2) is 5.61. The van der Waals surface area contributed by atoms with Crippen LogP contribution in [0, 0.1) is 0 Å². The summed E-state index contributed by atoms with van der Waals surface area (Å²) in [5.41, 5.74) is 3.30. The van der Waals surface area contributed by atoms with Gasteiger partial charge in [0.2, 0.25) is 0 Å². The summed E-state index contributed by atoms with van der Waals surface area (Å²) in [6.07, 6.45) is 7.85. The molecule has 1 aromatic carbocycles. The summed E-state index contributed by atoms with van der Waals surface area (Å²) >= 11 is 0. The van der Waals surface area contributed by atoms with E-state index in [9.17, 15) is 0 Å². The molecule has 19 heavy (non-hydrogen) atoms. The highest BCUT2D eigenvalue weighted by Gasteiger charge is 2.03. The zero-order valence-electron chi connectivity index (χ0n) is 11.7. The molecule has 0 saturated carbocycles. The van der Waals surface area contributed by atoms with Gasteiger partial charge in [-0.05, 0) is 48.4 Å². The molecule has 2 rings (SSSR count). The molecule has 98 valence electrons. The Bertz CT molecular complexity index is 559. The van der Waals surface area contributed by atoms with Crippen molar-refractivity contribution in [1.29, 1.82) is 0 Å². The van der Waals surface area contributed by atoms with Gasteiger partial charge in [0.15, 0.2) is 0 Å². The van der Waals surface area contributed by atoms with Crippen LogP contribution in [0.1, 0.15) is 12.5 Å². The van der Waals surface area contributed by atoms with E-state index in [2.05, 4.69) is 35.7 Å². The maximum absolute atomic E-state index is 5.61. The number of hydrogen-bond acceptors (Lipinski definition) is 2. The number of hydrogen-bond donors (Lipinski definition) is 0. The molecule has 0 saturated heterocycles. The van der Waals surface area contributed by atoms with Crippen LogP contribution in [0.3, 0.4) is 0 Å². The zero-order chi connectivity index (χ0) is 13.8. The molecule has 0 spiro atoms. The summed E-state index contributed by atoms with van der Waals surface area (Å²) < 4.78 is 5.61. The number of anilines is 1. The predicted octanol–water partition coefficient (Wildman–Crippen LogP) is 4.14. The van der Waals surface area contributed by atoms with E-state index in [0.717, 1.165) is 22.7 Å². The smallest absolute Gasteiger partial charge is 0.127 e. The molecule has 2 nitrogen and oxygen atoms in total. The molecule has 0 radical (unpaired) electrons. The van der Waals surface area contributed by atoms with E-state index in [-0.39, 0.29) is 0 Å². The van der Waals surface area contributed by atoms with E-state index in [0.29, 0.717) is 0 Å². The van der Waals surface area contributed by atoms with Crippen LogP contribution in [0.5, 0.6) is 0 Å². The van der Waals surface area contributed by atoms with Crippen molar-refractivity contribution >= 4 is 11.8 Å². The van der Waals surface area contributed by atoms with Crippen LogP contribution in [-0.2, 0) is 4.74 Å². The van der Waals surface area contributed by atoms with Gasteiger partial charge in [0, 0.05) is 19.8 Å². The van der Waals surface area contributed by atoms with Gasteiger partial charge in [-0.25, -0.2) is 0 Å². The van der Waals surface area contributed by atoms with Gasteiger partial charge in [0.05, 0.1) is 0 Å². The molecular formula is C17H19NO. The number of ether oxygens (including phenoxy) is 1. The Kier molecular flexibility index (Phi) is 3.91. The van der Waals surface area contributed by atoms with Gasteiger partial charge in [0.25, 0.3) is 0 Å². The van der Waals surface area contributed by atoms with Crippen LogP contribution < -0.4 is 4.90 Å². The van der Waals surface area contributed by atoms with Crippen molar-refractivity contribution in [2.75, 3.05) is 19.0 Å². The average Bonchev–Trinajstić information content (AvgIpc) is 2.36. The van der Waals surface area contributed by atoms with Gasteiger partial charge in [-0.1, -0.05) is 24.8 Å². The maximum atomic E-state index is 5.61. The summed E-state index contributed by atoms with van der Waals surface area (Å²) in [5, 5.41) is 0. The van der Waals surface area contributed by atoms with Gasteiger partial charge in [-0.3, -0.25) is 0 Å². The summed E-state index contributed by atoms with van der Waals surface area (Å²) in [6, 6.07) is 8.37. The van der Waals surface area contributed by atoms with Crippen LogP contribution >= 0.6 is 0 Å². The van der Waals surface area contributed by atoms with Gasteiger partial charge in [-0.2, -0.15) is 0 Å². The fourth-order valence-electron chi connectivity index (χ4n) is 1.87. The number of benzene rings is 1. The van der Waals surface area contributed by atoms with Gasteiger partial charge in [-0.15, -0.1) is 0 Å². The fraction of sp³-hybridized carbons (Fsp3) is 0.176. The van der Waals surface area contributed by atoms with Crippen molar-refractivity contribution in [3.05, 3.63) is 71.7 Å². The van der Waals surface area contributed by atoms with E-state index < -0.39 is 0 Å². The van der Waals surface area contributed by atoms with E-state index in [1.165, 1.54) is 5.69 Å². The molecule has 1 heterocycles. The van der Waals surface area contributed by atoms with Crippen LogP contribution in [-0.4, -0.2) is 14.1 Å². The predicted molar refractivity (Wildman–Crippen MR) is 81.9 cm³/mol. The molecule has 0 aromatic heterocycles. The quantitative estimate of drug-likeness (QED) is 0.802. The van der Waals surface area contributed by atoms with Crippen molar-refractivity contribution in [3.63, 3.8) is 0 Å². The highest BCUT2D eigenvalue weighted by molar-refractivity contribution is 5.57. The Morgan fingerprint density at radius 1 is 1.05 bits per heavy atom. The van der Waals surface area contributed by atoms with E-state index in [1.807, 2.05) is 45.3 Å². The molecule has 0 fully saturated rings. The van der Waals surface area contributed by atoms with E-state index in [1.54, 1.807) is 0 Å². The third-order valence-corrected chi connectivity index (χ3v) is 2.84. The molecule has 2 heteroatoms. The molecule has 0 bridgehead atoms. The third kappa shape index (κ3) is 3.62. The zero-order valence-corrected chi connectivity index (χ0v) is 11.7. The van der Waals surface area contributed by atoms with Gasteiger partial charge in [0.1, 0.15) is 11.5 Å². The first-order valence-corrected chi connectivity index (χ1v) is 6.27. The Labute approximate surface area is 115 Å². The van der Waals surface area contributed by atoms with Gasteiger partial charge < -0.3 is 9.64 Å². The molecule has 0 aliphatic carbocycles. The molecule has 0 amide bonds. The number of nitrogens with zero attached hydrogens (tertiary/aromatic N) is 1. The molecule has 0 unspecified atom stereocenters. The highest BCUT2D eigenvalue weighted by atomic mass is 16.5. The van der Waals surface area contributed by atoms with Crippen molar-refractivity contribution in [2.24, 2.45) is 0 Å². The Balaban J connectivity index is 2.09. The average molecular weight is 253 g/mol. The standard InChI is InChI=1S/C17H19NO/c1-13-11-14(2)19-17(12-13)10-7-15-5-8-16(9-6-15)18(3)4/h5-12H,1H2,2-4H3. The van der Waals surface area contributed by atoms with E-state index >= 15 is 0 Å². The molecule has 1 aliphatic rings. The van der Waals surface area contributed by atoms with Crippen molar-refractivity contribution in [3.8, 4) is 0 Å². The lowest BCUT2D eigenvalue weighted by atomic mass is 10.1. The molecular weight excluding hydrogens is 234 g/mol. The first-order valence-electron chi connectivity index (χ1n) is 6.27. The van der Waals surface area contributed by atoms with E-state index in [4.69, 9.17) is 4.74 Å². The molecule has 0 atom stereocenters. The lowest BCUT2D eigenvalue weighted by molar-refractivity contribution is 0.318. The third-order valence-electron chi connectivity index (χ3n) is 2.84. The number of rotatable bonds is 3. The Morgan fingerprint density at radius 3 is 2.32 bits per heavy atom. The minimum atomic E-state index is 0.821. The van der Waals surface area contributed by atoms with Crippen LogP contribution in [0.4, 0.5) is 5.69 Å². The van der Waals surface area contributed by atoms with Crippen LogP contribution in [0.15, 0.2) is 66.2 Å². The SMILES string of the molecule is C=C1C=C(C)OC(C=Cc2ccc(N(C)C)cc2)=C1. The second-order valence-electron chi connectivity index (χ2n) is 4.80. The molecule has 0 N–H and O–H groups in total. The van der Waals surface area contributed by atoms with Crippen molar-refractivity contribution < 1.29 is 4.74 Å². The molecule has 1 aliphatic heterocycles. The molecule has 1 aromatic rings. The number of allylic oxidation sites excluding steroid dienone is 5. The van der Waals surface area contributed by atoms with Crippen molar-refractivity contribution in [1.82, 2.24) is 0 Å². The Morgan fingerprint density at radius 2 is 1.74 bits per heavy atom. The lowest BCUT2D eigenvalue weighted by Crippen LogP contribution is -2.07. The minimum absolute atomic E-state index is 0.821. The second-order valence-corrected chi connectivity index (χ2v) is 4.80.